The van der Waals surface area contributed by atoms with Crippen LogP contribution in [0.1, 0.15) is 13.8 Å². The van der Waals surface area contributed by atoms with Crippen molar-refractivity contribution in [3.63, 3.8) is 0 Å². The molecule has 0 aliphatic carbocycles. The van der Waals surface area contributed by atoms with E-state index in [-0.39, 0.29) is 5.91 Å². The maximum absolute atomic E-state index is 11.2. The zero-order chi connectivity index (χ0) is 19.1. The Hall–Kier alpha value is -3.61. The SMILES string of the molecule is CCOc1ccc(Nc2ccnc(Nc3cccc(NC(C)=O)c3)n2)cc1. The zero-order valence-corrected chi connectivity index (χ0v) is 15.2. The van der Waals surface area contributed by atoms with Gasteiger partial charge < -0.3 is 20.7 Å². The second-order valence-electron chi connectivity index (χ2n) is 5.73. The molecule has 0 bridgehead atoms. The first-order valence-electron chi connectivity index (χ1n) is 8.60. The highest BCUT2D eigenvalue weighted by Crippen LogP contribution is 2.21. The van der Waals surface area contributed by atoms with Gasteiger partial charge in [0.1, 0.15) is 11.6 Å². The van der Waals surface area contributed by atoms with Crippen molar-refractivity contribution < 1.29 is 9.53 Å². The van der Waals surface area contributed by atoms with E-state index in [1.807, 2.05) is 55.5 Å². The van der Waals surface area contributed by atoms with Gasteiger partial charge in [0.15, 0.2) is 0 Å². The van der Waals surface area contributed by atoms with E-state index < -0.39 is 0 Å². The van der Waals surface area contributed by atoms with Crippen LogP contribution in [0.15, 0.2) is 60.8 Å². The molecule has 7 heteroatoms. The van der Waals surface area contributed by atoms with E-state index in [1.165, 1.54) is 6.92 Å². The number of nitrogens with one attached hydrogen (secondary N) is 3. The van der Waals surface area contributed by atoms with Gasteiger partial charge in [0.25, 0.3) is 0 Å². The van der Waals surface area contributed by atoms with Crippen molar-refractivity contribution in [1.29, 1.82) is 0 Å². The van der Waals surface area contributed by atoms with Gasteiger partial charge in [-0.05, 0) is 55.5 Å². The first-order chi connectivity index (χ1) is 13.1. The van der Waals surface area contributed by atoms with Crippen molar-refractivity contribution in [3.8, 4) is 5.75 Å². The summed E-state index contributed by atoms with van der Waals surface area (Å²) in [6.45, 7) is 4.06. The molecule has 0 aliphatic rings. The number of hydrogen-bond donors (Lipinski definition) is 3. The number of nitrogens with zero attached hydrogens (tertiary/aromatic N) is 2. The van der Waals surface area contributed by atoms with Gasteiger partial charge in [0.05, 0.1) is 6.61 Å². The van der Waals surface area contributed by atoms with Gasteiger partial charge >= 0.3 is 0 Å². The molecule has 0 atom stereocenters. The fourth-order valence-corrected chi connectivity index (χ4v) is 2.44. The molecule has 7 nitrogen and oxygen atoms in total. The summed E-state index contributed by atoms with van der Waals surface area (Å²) in [5.74, 6) is 1.82. The smallest absolute Gasteiger partial charge is 0.229 e. The molecule has 27 heavy (non-hydrogen) atoms. The van der Waals surface area contributed by atoms with Crippen LogP contribution < -0.4 is 20.7 Å². The number of carbonyl (C=O) groups is 1. The van der Waals surface area contributed by atoms with Crippen molar-refractivity contribution in [2.24, 2.45) is 0 Å². The van der Waals surface area contributed by atoms with Crippen molar-refractivity contribution in [1.82, 2.24) is 9.97 Å². The first kappa shape index (κ1) is 18.2. The Kier molecular flexibility index (Phi) is 5.84. The van der Waals surface area contributed by atoms with E-state index in [0.717, 1.165) is 17.1 Å². The fraction of sp³-hybridized carbons (Fsp3) is 0.150. The van der Waals surface area contributed by atoms with E-state index in [1.54, 1.807) is 12.3 Å². The molecule has 1 amide bonds. The van der Waals surface area contributed by atoms with Gasteiger partial charge in [-0.15, -0.1) is 0 Å². The minimum Gasteiger partial charge on any atom is -0.494 e. The molecule has 0 aliphatic heterocycles. The van der Waals surface area contributed by atoms with Crippen LogP contribution in [0.5, 0.6) is 5.75 Å². The van der Waals surface area contributed by atoms with E-state index >= 15 is 0 Å². The lowest BCUT2D eigenvalue weighted by Gasteiger charge is -2.10. The van der Waals surface area contributed by atoms with Gasteiger partial charge in [-0.25, -0.2) is 4.98 Å². The fourth-order valence-electron chi connectivity index (χ4n) is 2.44. The highest BCUT2D eigenvalue weighted by Gasteiger charge is 2.03. The maximum Gasteiger partial charge on any atom is 0.229 e. The highest BCUT2D eigenvalue weighted by molar-refractivity contribution is 5.89. The number of aromatic nitrogens is 2. The summed E-state index contributed by atoms with van der Waals surface area (Å²) < 4.78 is 5.44. The lowest BCUT2D eigenvalue weighted by molar-refractivity contribution is -0.114. The molecule has 0 saturated heterocycles. The zero-order valence-electron chi connectivity index (χ0n) is 15.2. The molecule has 1 aromatic heterocycles. The molecule has 0 radical (unpaired) electrons. The summed E-state index contributed by atoms with van der Waals surface area (Å²) in [6, 6.07) is 16.8. The Morgan fingerprint density at radius 3 is 2.52 bits per heavy atom. The van der Waals surface area contributed by atoms with E-state index in [0.29, 0.717) is 24.1 Å². The number of anilines is 5. The van der Waals surface area contributed by atoms with E-state index in [2.05, 4.69) is 25.9 Å². The second-order valence-corrected chi connectivity index (χ2v) is 5.73. The summed E-state index contributed by atoms with van der Waals surface area (Å²) in [4.78, 5) is 19.9. The van der Waals surface area contributed by atoms with Gasteiger partial charge in [-0.3, -0.25) is 4.79 Å². The van der Waals surface area contributed by atoms with Crippen molar-refractivity contribution in [2.45, 2.75) is 13.8 Å². The number of carbonyl (C=O) groups excluding carboxylic acids is 1. The average Bonchev–Trinajstić information content (AvgIpc) is 2.64. The van der Waals surface area contributed by atoms with Crippen LogP contribution in [0, 0.1) is 0 Å². The quantitative estimate of drug-likeness (QED) is 0.579. The van der Waals surface area contributed by atoms with Gasteiger partial charge in [0, 0.05) is 30.2 Å². The normalized spacial score (nSPS) is 10.1. The molecular weight excluding hydrogens is 342 g/mol. The van der Waals surface area contributed by atoms with Crippen LogP contribution in [-0.2, 0) is 4.79 Å². The predicted octanol–water partition coefficient (Wildman–Crippen LogP) is 4.32. The molecule has 3 aromatic rings. The van der Waals surface area contributed by atoms with Crippen molar-refractivity contribution in [3.05, 3.63) is 60.8 Å². The van der Waals surface area contributed by atoms with E-state index in [9.17, 15) is 4.79 Å². The number of rotatable bonds is 7. The molecule has 1 heterocycles. The Labute approximate surface area is 157 Å². The lowest BCUT2D eigenvalue weighted by atomic mass is 10.2. The summed E-state index contributed by atoms with van der Waals surface area (Å²) in [6.07, 6.45) is 1.67. The third-order valence-corrected chi connectivity index (χ3v) is 3.53. The lowest BCUT2D eigenvalue weighted by Crippen LogP contribution is -2.06. The minimum absolute atomic E-state index is 0.120. The van der Waals surface area contributed by atoms with Crippen LogP contribution in [0.3, 0.4) is 0 Å². The Morgan fingerprint density at radius 1 is 1.00 bits per heavy atom. The molecule has 0 fully saturated rings. The molecule has 138 valence electrons. The molecule has 0 saturated carbocycles. The molecular formula is C20H21N5O2. The van der Waals surface area contributed by atoms with Crippen LogP contribution in [0.2, 0.25) is 0 Å². The third-order valence-electron chi connectivity index (χ3n) is 3.53. The van der Waals surface area contributed by atoms with Gasteiger partial charge in [-0.2, -0.15) is 4.98 Å². The molecule has 0 unspecified atom stereocenters. The van der Waals surface area contributed by atoms with Gasteiger partial charge in [-0.1, -0.05) is 6.07 Å². The Morgan fingerprint density at radius 2 is 1.78 bits per heavy atom. The maximum atomic E-state index is 11.2. The molecule has 0 spiro atoms. The third kappa shape index (κ3) is 5.43. The largest absolute Gasteiger partial charge is 0.494 e. The van der Waals surface area contributed by atoms with Crippen molar-refractivity contribution in [2.75, 3.05) is 22.6 Å². The van der Waals surface area contributed by atoms with Crippen LogP contribution in [-0.4, -0.2) is 22.5 Å². The van der Waals surface area contributed by atoms with E-state index in [4.69, 9.17) is 4.74 Å². The number of hydrogen-bond acceptors (Lipinski definition) is 6. The minimum atomic E-state index is -0.120. The van der Waals surface area contributed by atoms with Gasteiger partial charge in [0.2, 0.25) is 11.9 Å². The molecule has 3 N–H and O–H groups in total. The molecule has 3 rings (SSSR count). The first-order valence-corrected chi connectivity index (χ1v) is 8.60. The Bertz CT molecular complexity index is 912. The van der Waals surface area contributed by atoms with Crippen molar-refractivity contribution >= 4 is 34.7 Å². The topological polar surface area (TPSA) is 88.2 Å². The summed E-state index contributed by atoms with van der Waals surface area (Å²) in [7, 11) is 0. The highest BCUT2D eigenvalue weighted by atomic mass is 16.5. The summed E-state index contributed by atoms with van der Waals surface area (Å²) >= 11 is 0. The number of ether oxygens (including phenoxy) is 1. The standard InChI is InChI=1S/C20H21N5O2/c1-3-27-18-9-7-15(8-10-18)23-19-11-12-21-20(25-19)24-17-6-4-5-16(13-17)22-14(2)26/h4-13H,3H2,1-2H3,(H,22,26)(H2,21,23,24,25). The second kappa shape index (κ2) is 8.66. The number of benzene rings is 2. The molecule has 2 aromatic carbocycles. The monoisotopic (exact) mass is 363 g/mol. The predicted molar refractivity (Wildman–Crippen MR) is 107 cm³/mol. The van der Waals surface area contributed by atoms with Crippen LogP contribution >= 0.6 is 0 Å². The summed E-state index contributed by atoms with van der Waals surface area (Å²) in [5.41, 5.74) is 2.38. The Balaban J connectivity index is 1.69. The van der Waals surface area contributed by atoms with Crippen LogP contribution in [0.25, 0.3) is 0 Å². The summed E-state index contributed by atoms with van der Waals surface area (Å²) in [5, 5.41) is 9.12. The number of amides is 1. The van der Waals surface area contributed by atoms with Crippen LogP contribution in [0.4, 0.5) is 28.8 Å². The average molecular weight is 363 g/mol.